The van der Waals surface area contributed by atoms with Crippen LogP contribution in [0.2, 0.25) is 0 Å². The van der Waals surface area contributed by atoms with Gasteiger partial charge in [0, 0.05) is 43.8 Å². The van der Waals surface area contributed by atoms with Crippen LogP contribution in [0.25, 0.3) is 22.3 Å². The molecule has 0 amide bonds. The van der Waals surface area contributed by atoms with Crippen LogP contribution in [0.1, 0.15) is 38.9 Å². The number of hydrogen-bond donors (Lipinski definition) is 2. The van der Waals surface area contributed by atoms with Gasteiger partial charge in [-0.15, -0.1) is 0 Å². The normalized spacial score (nSPS) is 16.2. The van der Waals surface area contributed by atoms with Gasteiger partial charge in [-0.25, -0.2) is 27.9 Å². The van der Waals surface area contributed by atoms with E-state index in [1.165, 1.54) is 36.4 Å². The Balaban J connectivity index is 1.29. The highest BCUT2D eigenvalue weighted by molar-refractivity contribution is 5.92. The average Bonchev–Trinajstić information content (AvgIpc) is 3.65. The number of nitrogens with one attached hydrogen (secondary N) is 1. The molecular formula is C33H26F3N5O4. The summed E-state index contributed by atoms with van der Waals surface area (Å²) < 4.78 is 58.5. The Morgan fingerprint density at radius 3 is 2.60 bits per heavy atom. The van der Waals surface area contributed by atoms with Gasteiger partial charge in [-0.3, -0.25) is 0 Å². The third kappa shape index (κ3) is 5.95. The number of aromatic carboxylic acids is 1. The van der Waals surface area contributed by atoms with Crippen molar-refractivity contribution in [2.24, 2.45) is 0 Å². The SMILES string of the molecule is CO[C@H]1CNCC1n1c(Cc2cc(F)c(-c3cccc(OCc4ccc(C#N)cc4F)n3)cc2F)nc2ccc(C(=O)O)cc21. The number of benzene rings is 3. The maximum absolute atomic E-state index is 15.6. The zero-order valence-electron chi connectivity index (χ0n) is 23.9. The molecule has 0 aliphatic carbocycles. The standard InChI is InChI=1S/C33H26F3N5O4/c1-44-30-16-38-15-29(30)41-28-11-19(33(42)43)7-8-27(28)39-31(41)12-21-10-25(36)22(13-24(21)35)26-3-2-4-32(40-26)45-17-20-6-5-18(14-37)9-23(20)34/h2-11,13,29-30,38H,12,15-17H2,1H3,(H,42,43)/t29?,30-/m0/s1. The molecule has 0 bridgehead atoms. The Bertz CT molecular complexity index is 1970. The van der Waals surface area contributed by atoms with Crippen LogP contribution in [0.3, 0.4) is 0 Å². The van der Waals surface area contributed by atoms with Gasteiger partial charge in [0.05, 0.1) is 46.1 Å². The molecule has 3 aromatic carbocycles. The van der Waals surface area contributed by atoms with Crippen molar-refractivity contribution in [3.05, 3.63) is 112 Å². The molecule has 0 spiro atoms. The molecule has 0 saturated carbocycles. The lowest BCUT2D eigenvalue weighted by Crippen LogP contribution is -2.26. The lowest BCUT2D eigenvalue weighted by Gasteiger charge is -2.22. The highest BCUT2D eigenvalue weighted by atomic mass is 19.1. The fourth-order valence-corrected chi connectivity index (χ4v) is 5.53. The third-order valence-electron chi connectivity index (χ3n) is 7.81. The minimum atomic E-state index is -1.09. The molecule has 1 aliphatic heterocycles. The van der Waals surface area contributed by atoms with Gasteiger partial charge >= 0.3 is 5.97 Å². The topological polar surface area (TPSA) is 122 Å². The summed E-state index contributed by atoms with van der Waals surface area (Å²) in [7, 11) is 1.58. The van der Waals surface area contributed by atoms with Crippen molar-refractivity contribution in [3.8, 4) is 23.2 Å². The van der Waals surface area contributed by atoms with Crippen molar-refractivity contribution in [2.75, 3.05) is 20.2 Å². The van der Waals surface area contributed by atoms with Crippen LogP contribution in [0.4, 0.5) is 13.2 Å². The number of carboxylic acid groups (broad SMARTS) is 1. The van der Waals surface area contributed by atoms with Crippen molar-refractivity contribution in [3.63, 3.8) is 0 Å². The van der Waals surface area contributed by atoms with Crippen LogP contribution in [-0.4, -0.2) is 51.9 Å². The second kappa shape index (κ2) is 12.4. The van der Waals surface area contributed by atoms with Crippen LogP contribution < -0.4 is 10.1 Å². The Kier molecular flexibility index (Phi) is 8.21. The van der Waals surface area contributed by atoms with Crippen molar-refractivity contribution >= 4 is 17.0 Å². The Labute approximate surface area is 255 Å². The number of carboxylic acids is 1. The summed E-state index contributed by atoms with van der Waals surface area (Å²) in [6, 6.07) is 16.9. The molecular weight excluding hydrogens is 587 g/mol. The van der Waals surface area contributed by atoms with E-state index in [1.54, 1.807) is 19.2 Å². The number of halogens is 3. The zero-order valence-corrected chi connectivity index (χ0v) is 23.9. The highest BCUT2D eigenvalue weighted by Crippen LogP contribution is 2.31. The Morgan fingerprint density at radius 1 is 1.02 bits per heavy atom. The van der Waals surface area contributed by atoms with E-state index >= 15 is 8.78 Å². The first kappa shape index (κ1) is 29.8. The van der Waals surface area contributed by atoms with Crippen LogP contribution >= 0.6 is 0 Å². The second-order valence-electron chi connectivity index (χ2n) is 10.6. The number of aromatic nitrogens is 3. The lowest BCUT2D eigenvalue weighted by atomic mass is 10.0. The molecule has 3 heterocycles. The minimum Gasteiger partial charge on any atom is -0.478 e. The molecule has 2 atom stereocenters. The molecule has 0 radical (unpaired) electrons. The maximum atomic E-state index is 15.6. The number of hydrogen-bond acceptors (Lipinski definition) is 7. The van der Waals surface area contributed by atoms with Crippen LogP contribution in [-0.2, 0) is 17.8 Å². The van der Waals surface area contributed by atoms with Crippen molar-refractivity contribution < 1.29 is 32.5 Å². The predicted octanol–water partition coefficient (Wildman–Crippen LogP) is 5.41. The maximum Gasteiger partial charge on any atom is 0.335 e. The quantitative estimate of drug-likeness (QED) is 0.226. The van der Waals surface area contributed by atoms with E-state index in [0.717, 1.165) is 18.2 Å². The molecule has 9 nitrogen and oxygen atoms in total. The summed E-state index contributed by atoms with van der Waals surface area (Å²) in [5.74, 6) is -2.59. The van der Waals surface area contributed by atoms with E-state index in [1.807, 2.05) is 10.6 Å². The van der Waals surface area contributed by atoms with Gasteiger partial charge in [0.1, 0.15) is 29.9 Å². The number of rotatable bonds is 9. The molecule has 1 fully saturated rings. The first-order valence-electron chi connectivity index (χ1n) is 14.0. The first-order chi connectivity index (χ1) is 21.7. The molecule has 45 heavy (non-hydrogen) atoms. The van der Waals surface area contributed by atoms with Gasteiger partial charge in [0.25, 0.3) is 0 Å². The second-order valence-corrected chi connectivity index (χ2v) is 10.6. The van der Waals surface area contributed by atoms with Gasteiger partial charge < -0.3 is 24.5 Å². The molecule has 2 N–H and O–H groups in total. The van der Waals surface area contributed by atoms with Crippen LogP contribution in [0, 0.1) is 28.8 Å². The average molecular weight is 614 g/mol. The third-order valence-corrected chi connectivity index (χ3v) is 7.81. The molecule has 1 saturated heterocycles. The summed E-state index contributed by atoms with van der Waals surface area (Å²) in [5, 5.41) is 21.7. The zero-order chi connectivity index (χ0) is 31.7. The number of fused-ring (bicyclic) bond motifs is 1. The Morgan fingerprint density at radius 2 is 1.84 bits per heavy atom. The van der Waals surface area contributed by atoms with Gasteiger partial charge in [0.2, 0.25) is 5.88 Å². The first-order valence-corrected chi connectivity index (χ1v) is 14.0. The van der Waals surface area contributed by atoms with E-state index in [0.29, 0.717) is 29.9 Å². The monoisotopic (exact) mass is 613 g/mol. The summed E-state index contributed by atoms with van der Waals surface area (Å²) in [4.78, 5) is 20.6. The molecule has 6 rings (SSSR count). The van der Waals surface area contributed by atoms with E-state index in [2.05, 4.69) is 15.3 Å². The fraction of sp³-hybridized carbons (Fsp3) is 0.212. The number of imidazole rings is 1. The summed E-state index contributed by atoms with van der Waals surface area (Å²) >= 11 is 0. The van der Waals surface area contributed by atoms with E-state index in [9.17, 15) is 14.3 Å². The number of nitrogens with zero attached hydrogens (tertiary/aromatic N) is 4. The molecule has 1 aliphatic rings. The van der Waals surface area contributed by atoms with Crippen molar-refractivity contribution in [1.29, 1.82) is 5.26 Å². The van der Waals surface area contributed by atoms with Gasteiger partial charge in [-0.05, 0) is 54.1 Å². The summed E-state index contributed by atoms with van der Waals surface area (Å²) in [6.07, 6.45) is -0.313. The Hall–Kier alpha value is -5.25. The molecule has 1 unspecified atom stereocenters. The van der Waals surface area contributed by atoms with Crippen LogP contribution in [0.5, 0.6) is 5.88 Å². The predicted molar refractivity (Wildman–Crippen MR) is 157 cm³/mol. The molecule has 228 valence electrons. The molecule has 5 aromatic rings. The number of methoxy groups -OCH3 is 1. The van der Waals surface area contributed by atoms with E-state index < -0.39 is 23.4 Å². The van der Waals surface area contributed by atoms with E-state index in [4.69, 9.17) is 14.7 Å². The smallest absolute Gasteiger partial charge is 0.335 e. The van der Waals surface area contributed by atoms with Crippen molar-refractivity contribution in [1.82, 2.24) is 19.9 Å². The highest BCUT2D eigenvalue weighted by Gasteiger charge is 2.32. The lowest BCUT2D eigenvalue weighted by molar-refractivity contribution is 0.0697. The van der Waals surface area contributed by atoms with Crippen molar-refractivity contribution in [2.45, 2.75) is 25.2 Å². The number of nitriles is 1. The number of pyridine rings is 1. The summed E-state index contributed by atoms with van der Waals surface area (Å²) in [5.41, 5.74) is 1.62. The van der Waals surface area contributed by atoms with E-state index in [-0.39, 0.29) is 64.6 Å². The molecule has 12 heteroatoms. The number of ether oxygens (including phenoxy) is 2. The molecule has 2 aromatic heterocycles. The number of carbonyl (C=O) groups is 1. The summed E-state index contributed by atoms with van der Waals surface area (Å²) in [6.45, 7) is 0.903. The minimum absolute atomic E-state index is 0.0508. The van der Waals surface area contributed by atoms with Gasteiger partial charge in [-0.2, -0.15) is 5.26 Å². The van der Waals surface area contributed by atoms with Gasteiger partial charge in [0.15, 0.2) is 0 Å². The van der Waals surface area contributed by atoms with Crippen LogP contribution in [0.15, 0.2) is 66.7 Å². The van der Waals surface area contributed by atoms with Gasteiger partial charge in [-0.1, -0.05) is 12.1 Å². The fourth-order valence-electron chi connectivity index (χ4n) is 5.53. The largest absolute Gasteiger partial charge is 0.478 e.